The molecule has 132 valence electrons. The third-order valence-corrected chi connectivity index (χ3v) is 6.57. The number of rotatable bonds is 2. The van der Waals surface area contributed by atoms with Crippen LogP contribution in [0, 0.1) is 0 Å². The van der Waals surface area contributed by atoms with Gasteiger partial charge in [-0.05, 0) is 54.5 Å². The fourth-order valence-electron chi connectivity index (χ4n) is 4.06. The van der Waals surface area contributed by atoms with Crippen molar-refractivity contribution in [1.82, 2.24) is 9.97 Å². The van der Waals surface area contributed by atoms with E-state index in [9.17, 15) is 4.79 Å². The molecule has 3 aromatic rings. The van der Waals surface area contributed by atoms with Crippen molar-refractivity contribution in [1.29, 1.82) is 0 Å². The number of halogens is 1. The van der Waals surface area contributed by atoms with Gasteiger partial charge in [0.25, 0.3) is 0 Å². The lowest BCUT2D eigenvalue weighted by Crippen LogP contribution is -2.45. The Morgan fingerprint density at radius 1 is 1.23 bits per heavy atom. The number of carbonyl (C=O) groups is 1. The monoisotopic (exact) mass is 428 g/mol. The molecule has 1 aromatic carbocycles. The molecule has 1 fully saturated rings. The second-order valence-corrected chi connectivity index (χ2v) is 8.51. The number of carbonyl (C=O) groups excluding carboxylic acids is 1. The summed E-state index contributed by atoms with van der Waals surface area (Å²) >= 11 is 5.13. The smallest absolute Gasteiger partial charge is 0.249 e. The summed E-state index contributed by atoms with van der Waals surface area (Å²) < 4.78 is 1.06. The number of anilines is 2. The minimum atomic E-state index is -0.150. The normalized spacial score (nSPS) is 19.3. The largest absolute Gasteiger partial charge is 0.344 e. The molecule has 2 aliphatic rings. The number of nitrogens with zero attached hydrogens (tertiary/aromatic N) is 4. The van der Waals surface area contributed by atoms with Gasteiger partial charge in [-0.25, -0.2) is 9.97 Å². The Hall–Kier alpha value is -1.99. The molecule has 2 aromatic heterocycles. The van der Waals surface area contributed by atoms with E-state index in [-0.39, 0.29) is 11.9 Å². The van der Waals surface area contributed by atoms with Crippen LogP contribution in [-0.2, 0) is 11.2 Å². The predicted octanol–water partition coefficient (Wildman–Crippen LogP) is 4.01. The van der Waals surface area contributed by atoms with E-state index in [0.29, 0.717) is 0 Å². The molecule has 7 heteroatoms. The zero-order valence-electron chi connectivity index (χ0n) is 14.1. The fourth-order valence-corrected chi connectivity index (χ4v) is 5.20. The number of benzene rings is 1. The average molecular weight is 429 g/mol. The van der Waals surface area contributed by atoms with Crippen LogP contribution in [0.25, 0.3) is 10.2 Å². The Bertz CT molecular complexity index is 1000. The molecule has 1 atom stereocenters. The molecule has 0 spiro atoms. The molecule has 0 radical (unpaired) electrons. The molecule has 1 saturated heterocycles. The lowest BCUT2D eigenvalue weighted by Gasteiger charge is -2.29. The topological polar surface area (TPSA) is 49.3 Å². The van der Waals surface area contributed by atoms with E-state index < -0.39 is 0 Å². The van der Waals surface area contributed by atoms with Crippen LogP contribution in [0.3, 0.4) is 0 Å². The van der Waals surface area contributed by atoms with Crippen molar-refractivity contribution < 1.29 is 4.79 Å². The first kappa shape index (κ1) is 16.2. The van der Waals surface area contributed by atoms with E-state index in [1.807, 2.05) is 22.4 Å². The number of thiophene rings is 1. The van der Waals surface area contributed by atoms with Crippen LogP contribution >= 0.6 is 27.3 Å². The highest BCUT2D eigenvalue weighted by molar-refractivity contribution is 9.10. The van der Waals surface area contributed by atoms with E-state index in [1.54, 1.807) is 17.7 Å². The Balaban J connectivity index is 1.48. The van der Waals surface area contributed by atoms with Gasteiger partial charge in [-0.15, -0.1) is 11.3 Å². The summed E-state index contributed by atoms with van der Waals surface area (Å²) in [6.07, 6.45) is 4.40. The highest BCUT2D eigenvalue weighted by Gasteiger charge is 2.37. The van der Waals surface area contributed by atoms with E-state index in [4.69, 9.17) is 0 Å². The third kappa shape index (κ3) is 2.53. The summed E-state index contributed by atoms with van der Waals surface area (Å²) in [5, 5.41) is 3.08. The van der Waals surface area contributed by atoms with Crippen molar-refractivity contribution >= 4 is 54.9 Å². The van der Waals surface area contributed by atoms with E-state index in [1.165, 1.54) is 5.56 Å². The van der Waals surface area contributed by atoms with E-state index in [2.05, 4.69) is 42.9 Å². The van der Waals surface area contributed by atoms with Crippen molar-refractivity contribution in [2.24, 2.45) is 0 Å². The van der Waals surface area contributed by atoms with Gasteiger partial charge >= 0.3 is 0 Å². The van der Waals surface area contributed by atoms with Crippen molar-refractivity contribution in [3.63, 3.8) is 0 Å². The number of aromatic nitrogens is 2. The van der Waals surface area contributed by atoms with Crippen molar-refractivity contribution in [3.05, 3.63) is 46.0 Å². The van der Waals surface area contributed by atoms with Crippen LogP contribution in [0.15, 0.2) is 40.4 Å². The van der Waals surface area contributed by atoms with Crippen molar-refractivity contribution in [2.75, 3.05) is 22.9 Å². The first-order chi connectivity index (χ1) is 12.7. The first-order valence-electron chi connectivity index (χ1n) is 8.77. The Labute approximate surface area is 163 Å². The van der Waals surface area contributed by atoms with Gasteiger partial charge < -0.3 is 9.80 Å². The van der Waals surface area contributed by atoms with Gasteiger partial charge in [-0.3, -0.25) is 4.79 Å². The van der Waals surface area contributed by atoms with Crippen LogP contribution in [0.2, 0.25) is 0 Å². The van der Waals surface area contributed by atoms with Gasteiger partial charge in [-0.2, -0.15) is 0 Å². The second kappa shape index (κ2) is 6.32. The van der Waals surface area contributed by atoms with Gasteiger partial charge in [0, 0.05) is 23.2 Å². The molecule has 0 bridgehead atoms. The maximum atomic E-state index is 13.4. The molecule has 1 unspecified atom stereocenters. The quantitative estimate of drug-likeness (QED) is 0.618. The summed E-state index contributed by atoms with van der Waals surface area (Å²) in [5.74, 6) is 1.08. The third-order valence-electron chi connectivity index (χ3n) is 5.25. The molecule has 2 aliphatic heterocycles. The molecule has 26 heavy (non-hydrogen) atoms. The molecule has 4 heterocycles. The fraction of sp³-hybridized carbons (Fsp3) is 0.316. The zero-order valence-corrected chi connectivity index (χ0v) is 16.5. The highest BCUT2D eigenvalue weighted by Crippen LogP contribution is 2.35. The average Bonchev–Trinajstić information content (AvgIpc) is 3.38. The number of hydrogen-bond acceptors (Lipinski definition) is 5. The lowest BCUT2D eigenvalue weighted by molar-refractivity contribution is -0.119. The molecular formula is C19H17BrN4OS. The van der Waals surface area contributed by atoms with Crippen LogP contribution in [0.4, 0.5) is 11.5 Å². The zero-order chi connectivity index (χ0) is 17.7. The van der Waals surface area contributed by atoms with Gasteiger partial charge in [0.05, 0.1) is 5.39 Å². The molecule has 5 nitrogen and oxygen atoms in total. The van der Waals surface area contributed by atoms with Crippen molar-refractivity contribution in [2.45, 2.75) is 25.3 Å². The predicted molar refractivity (Wildman–Crippen MR) is 108 cm³/mol. The maximum absolute atomic E-state index is 13.4. The number of fused-ring (bicyclic) bond motifs is 2. The number of hydrogen-bond donors (Lipinski definition) is 0. The lowest BCUT2D eigenvalue weighted by atomic mass is 10.1. The molecule has 0 aliphatic carbocycles. The van der Waals surface area contributed by atoms with Gasteiger partial charge in [0.1, 0.15) is 23.0 Å². The first-order valence-corrected chi connectivity index (χ1v) is 10.4. The molecule has 1 amide bonds. The highest BCUT2D eigenvalue weighted by atomic mass is 79.9. The van der Waals surface area contributed by atoms with E-state index >= 15 is 0 Å². The van der Waals surface area contributed by atoms with Crippen molar-refractivity contribution in [3.8, 4) is 0 Å². The van der Waals surface area contributed by atoms with Crippen LogP contribution in [0.5, 0.6) is 0 Å². The summed E-state index contributed by atoms with van der Waals surface area (Å²) in [5.41, 5.74) is 2.29. The maximum Gasteiger partial charge on any atom is 0.249 e. The molecule has 0 N–H and O–H groups in total. The van der Waals surface area contributed by atoms with E-state index in [0.717, 1.165) is 58.5 Å². The standard InChI is InChI=1S/C19H17BrN4OS/c20-13-3-4-15-12(10-13)5-8-24(15)19(25)16-2-1-7-23(16)17-14-6-9-26-18(14)22-11-21-17/h3-4,6,9-11,16H,1-2,5,7-8H2. The minimum absolute atomic E-state index is 0.150. The summed E-state index contributed by atoms with van der Waals surface area (Å²) in [6.45, 7) is 1.62. The van der Waals surface area contributed by atoms with Crippen LogP contribution in [0.1, 0.15) is 18.4 Å². The van der Waals surface area contributed by atoms with Gasteiger partial charge in [0.15, 0.2) is 0 Å². The summed E-state index contributed by atoms with van der Waals surface area (Å²) in [6, 6.07) is 8.08. The minimum Gasteiger partial charge on any atom is -0.344 e. The van der Waals surface area contributed by atoms with Gasteiger partial charge in [-0.1, -0.05) is 15.9 Å². The Kier molecular flexibility index (Phi) is 3.94. The summed E-state index contributed by atoms with van der Waals surface area (Å²) in [4.78, 5) is 27.4. The SMILES string of the molecule is O=C(C1CCCN1c1ncnc2sccc12)N1CCc2cc(Br)ccc21. The molecular weight excluding hydrogens is 412 g/mol. The molecule has 5 rings (SSSR count). The molecule has 0 saturated carbocycles. The summed E-state index contributed by atoms with van der Waals surface area (Å²) in [7, 11) is 0. The Morgan fingerprint density at radius 3 is 3.08 bits per heavy atom. The van der Waals surface area contributed by atoms with Gasteiger partial charge in [0.2, 0.25) is 5.91 Å². The van der Waals surface area contributed by atoms with Crippen LogP contribution < -0.4 is 9.80 Å². The van der Waals surface area contributed by atoms with Crippen LogP contribution in [-0.4, -0.2) is 35.0 Å². The number of amides is 1. The second-order valence-electron chi connectivity index (χ2n) is 6.70. The Morgan fingerprint density at radius 2 is 2.15 bits per heavy atom.